The predicted octanol–water partition coefficient (Wildman–Crippen LogP) is 16.6. The number of halogens is 2. The molecule has 718 valence electrons. The van der Waals surface area contributed by atoms with Gasteiger partial charge in [-0.1, -0.05) is 183 Å². The molecular formula is C98H178BBr2N7NaO15U-. The minimum atomic E-state index is -2.07. The van der Waals surface area contributed by atoms with Crippen molar-refractivity contribution >= 4 is 88.9 Å². The summed E-state index contributed by atoms with van der Waals surface area (Å²) in [7, 11) is 3.75. The molecule has 2 fully saturated rings. The van der Waals surface area contributed by atoms with E-state index in [9.17, 15) is 19.2 Å². The third-order valence-electron chi connectivity index (χ3n) is 25.6. The molecule has 1 aromatic carbocycles. The molecule has 2 heterocycles. The van der Waals surface area contributed by atoms with Gasteiger partial charge < -0.3 is 78.3 Å². The number of carboxylic acid groups (broad SMARTS) is 4. The summed E-state index contributed by atoms with van der Waals surface area (Å²) >= 11 is 3.12. The molecule has 0 atom stereocenters. The normalized spacial score (nSPS) is 15.4. The largest absolute Gasteiger partial charge is 1.00 e. The Morgan fingerprint density at radius 3 is 0.824 bits per heavy atom. The van der Waals surface area contributed by atoms with E-state index in [0.717, 1.165) is 148 Å². The number of allylic oxidation sites excluding steroid dienone is 16. The van der Waals surface area contributed by atoms with Gasteiger partial charge in [0.05, 0.1) is 6.61 Å². The number of nitrogens with one attached hydrogen (secondary N) is 3. The van der Waals surface area contributed by atoms with Crippen LogP contribution in [0, 0.1) is 87.4 Å². The summed E-state index contributed by atoms with van der Waals surface area (Å²) in [4.78, 5) is 81.5. The predicted molar refractivity (Wildman–Crippen MR) is 524 cm³/mol. The van der Waals surface area contributed by atoms with Gasteiger partial charge >= 0.3 is 53.4 Å². The molecule has 4 aliphatic carbocycles. The summed E-state index contributed by atoms with van der Waals surface area (Å²) in [5.74, 6) is -7.31. The summed E-state index contributed by atoms with van der Waals surface area (Å²) in [5, 5.41) is 41.2. The molecular weight excluding hydrogens is 1950 g/mol. The minimum absolute atomic E-state index is 0. The number of ether oxygens (including phenoxy) is 3. The van der Waals surface area contributed by atoms with Crippen LogP contribution in [0.1, 0.15) is 345 Å². The van der Waals surface area contributed by atoms with Gasteiger partial charge in [0.1, 0.15) is 0 Å². The van der Waals surface area contributed by atoms with Crippen molar-refractivity contribution in [3.8, 4) is 0 Å². The fourth-order valence-electron chi connectivity index (χ4n) is 14.7. The van der Waals surface area contributed by atoms with E-state index < -0.39 is 23.9 Å². The number of carbonyl (C=O) groups excluding carboxylic acids is 5. The first-order valence-electron chi connectivity index (χ1n) is 45.0. The summed E-state index contributed by atoms with van der Waals surface area (Å²) in [6.07, 6.45) is 21.7. The van der Waals surface area contributed by atoms with E-state index in [2.05, 4.69) is 225 Å². The van der Waals surface area contributed by atoms with Crippen molar-refractivity contribution in [1.29, 1.82) is 1.34 Å². The van der Waals surface area contributed by atoms with E-state index in [-0.39, 0.29) is 130 Å². The molecule has 0 spiro atoms. The van der Waals surface area contributed by atoms with E-state index in [4.69, 9.17) is 74.7 Å². The average Bonchev–Trinajstić information content (AvgIpc) is 1.64. The first-order valence-corrected chi connectivity index (χ1v) is 44.8. The van der Waals surface area contributed by atoms with Crippen molar-refractivity contribution in [2.24, 2.45) is 44.6 Å². The van der Waals surface area contributed by atoms with Crippen LogP contribution in [0.2, 0.25) is 0 Å². The average molecular weight is 2130 g/mol. The Kier molecular flexibility index (Phi) is 85.6. The van der Waals surface area contributed by atoms with Crippen molar-refractivity contribution in [1.82, 2.24) is 16.0 Å². The van der Waals surface area contributed by atoms with Crippen LogP contribution in [-0.2, 0) is 52.6 Å². The van der Waals surface area contributed by atoms with Gasteiger partial charge in [0.2, 0.25) is 17.7 Å². The van der Waals surface area contributed by atoms with E-state index in [1.165, 1.54) is 169 Å². The van der Waals surface area contributed by atoms with E-state index in [1.807, 2.05) is 0 Å². The third-order valence-corrected chi connectivity index (χ3v) is 26.1. The van der Waals surface area contributed by atoms with Gasteiger partial charge in [0, 0.05) is 147 Å². The van der Waals surface area contributed by atoms with Gasteiger partial charge in [-0.2, -0.15) is 27.8 Å². The first kappa shape index (κ1) is 136. The summed E-state index contributed by atoms with van der Waals surface area (Å²) in [5.41, 5.74) is 52.7. The molecule has 0 unspecified atom stereocenters. The zero-order chi connectivity index (χ0) is 96.7. The Bertz CT molecular complexity index is 3170. The molecule has 3 amide bonds. The Balaban J connectivity index is -0.000000153. The second-order valence-electron chi connectivity index (χ2n) is 32.5. The first-order chi connectivity index (χ1) is 57.4. The number of carboxylic acids is 4. The number of esters is 1. The van der Waals surface area contributed by atoms with Gasteiger partial charge in [-0.15, -0.1) is 17.0 Å². The summed E-state index contributed by atoms with van der Waals surface area (Å²) in [6, 6.07) is 0. The number of rotatable bonds is 28. The van der Waals surface area contributed by atoms with Crippen LogP contribution < -0.4 is 73.5 Å². The molecule has 1 aromatic rings. The van der Waals surface area contributed by atoms with Crippen LogP contribution in [0.3, 0.4) is 0 Å². The smallest absolute Gasteiger partial charge is 0.539 e. The number of hydrogen-bond acceptors (Lipinski definition) is 16. The molecule has 14 N–H and O–H groups in total. The quantitative estimate of drug-likeness (QED) is 0.00930. The SMILES string of the molecule is Br.C.C1CCOC1.C1CCOC1.CC1=C(C)C(C)(CCN)C(C)=C1C.CC1=C(C)C(C)(CCNC(=O)CCCCCN)C(C)=C1C.CC1=C(C)C(C)(CCNC(=O)CCCCCN)C(C)=C1C.CCCCCCC(=O)NCCC1(C)C(C)=C(C)C(C)=C1C.CCOC(C)=O.Cc1c(C)c(C)[c-](C)c1C.NCCBr.O=C(O)C(=O)O.O=C([O-])C(=O)O.[2H]CC.[2H][B].[Na+].[U]. The molecule has 27 heteroatoms. The summed E-state index contributed by atoms with van der Waals surface area (Å²) in [6.45, 7) is 73.1. The molecule has 2 aliphatic heterocycles. The molecule has 0 bridgehead atoms. The van der Waals surface area contributed by atoms with Gasteiger partial charge in [-0.3, -0.25) is 19.2 Å². The van der Waals surface area contributed by atoms with Crippen LogP contribution in [-0.4, -0.2) is 157 Å². The number of amides is 3. The zero-order valence-electron chi connectivity index (χ0n) is 85.2. The maximum absolute atomic E-state index is 11.8. The van der Waals surface area contributed by atoms with Crippen LogP contribution in [0.5, 0.6) is 0 Å². The number of nitrogens with two attached hydrogens (primary N) is 4. The van der Waals surface area contributed by atoms with Crippen molar-refractivity contribution in [3.63, 3.8) is 0 Å². The maximum atomic E-state index is 11.8. The second kappa shape index (κ2) is 78.5. The van der Waals surface area contributed by atoms with Crippen LogP contribution in [0.25, 0.3) is 0 Å². The fraction of sp³-hybridized carbons (Fsp3) is 0.704. The van der Waals surface area contributed by atoms with Crippen LogP contribution in [0.15, 0.2) is 89.2 Å². The molecule has 7 rings (SSSR count). The van der Waals surface area contributed by atoms with E-state index >= 15 is 0 Å². The van der Waals surface area contributed by atoms with Gasteiger partial charge in [-0.05, 0) is 267 Å². The molecule has 0 aromatic heterocycles. The fourth-order valence-corrected chi connectivity index (χ4v) is 14.7. The van der Waals surface area contributed by atoms with Gasteiger partial charge in [0.25, 0.3) is 0 Å². The van der Waals surface area contributed by atoms with Crippen molar-refractivity contribution in [3.05, 3.63) is 117 Å². The number of hydrogen-bond donors (Lipinski definition) is 10. The van der Waals surface area contributed by atoms with Crippen molar-refractivity contribution in [2.45, 2.75) is 350 Å². The Morgan fingerprint density at radius 1 is 0.464 bits per heavy atom. The number of alkyl halides is 1. The zero-order valence-corrected chi connectivity index (χ0v) is 92.6. The molecule has 125 heavy (non-hydrogen) atoms. The van der Waals surface area contributed by atoms with Crippen LogP contribution in [0.4, 0.5) is 0 Å². The van der Waals surface area contributed by atoms with E-state index in [1.54, 1.807) is 13.8 Å². The molecule has 0 saturated carbocycles. The maximum Gasteiger partial charge on any atom is 1.00 e. The second-order valence-corrected chi connectivity index (χ2v) is 33.3. The van der Waals surface area contributed by atoms with Gasteiger partial charge in [-0.25, -0.2) is 14.4 Å². The minimum Gasteiger partial charge on any atom is -0.539 e. The van der Waals surface area contributed by atoms with Crippen LogP contribution >= 0.6 is 32.9 Å². The Labute approximate surface area is 829 Å². The standard InChI is InChI=1S/C19H33NO.2C18H32N2O.C12H21N.C10H15.C4H8O2.2C4H8O.C2H6BrN.2C2H2O4.C2H6.CH4.BH.BrH.Na.U/c1-7-8-9-10-11-18(21)20-13-12-19(6)16(4)14(2)15(3)17(19)5;2*1-13-14(2)16(4)18(5,15(13)3)10-12-20-17(21)9-7-6-8-11-19;1-8-9(2)11(4)12(5,6-7-13)10(8)3;1-6-7(2)9(4)10(5)8(6)3;1-3-6-4(2)5;2*1-2-4-5-3-1;3-1-2-4;2*3-1(4)2(5)6;1-2;;;;;/h7-13H2,1-6H3,(H,20,21);2*6-12,19H2,1-5H3,(H,20,21);6-7,13H2,1-5H3;1-5H3;3H2,1-2H3;2*1-4H2;1-2,4H2;2*(H,3,4)(H,5,6);1-2H3;1H4;2*1H;;/q;;;;-1;;;;;;;;;;;+1;/p-1/i;;;;;;;;;;;1D;;1D;;;. The van der Waals surface area contributed by atoms with Crippen molar-refractivity contribution < 1.29 is 135 Å². The monoisotopic (exact) mass is 2130 g/mol. The Morgan fingerprint density at radius 2 is 0.688 bits per heavy atom. The topological polar surface area (TPSA) is 388 Å². The molecule has 6 aliphatic rings. The number of aliphatic carboxylic acids is 4. The Hall–Kier alpha value is -4.13. The molecule has 22 nitrogen and oxygen atoms in total. The third kappa shape index (κ3) is 53.2. The van der Waals surface area contributed by atoms with E-state index in [0.29, 0.717) is 32.8 Å². The molecule has 2 saturated heterocycles. The van der Waals surface area contributed by atoms with Crippen molar-refractivity contribution in [2.75, 3.05) is 84.2 Å². The number of carbonyl (C=O) groups is 8. The number of unbranched alkanes of at least 4 members (excludes halogenated alkanes) is 7. The molecule has 2 radical (unpaired) electrons. The van der Waals surface area contributed by atoms with Gasteiger partial charge in [0.15, 0.2) is 5.97 Å². The summed E-state index contributed by atoms with van der Waals surface area (Å²) < 4.78 is 25.8.